The van der Waals surface area contributed by atoms with Crippen molar-refractivity contribution in [2.24, 2.45) is 0 Å². The van der Waals surface area contributed by atoms with Crippen LogP contribution < -0.4 is 0 Å². The number of hydrogen-bond acceptors (Lipinski definition) is 0. The SMILES string of the molecule is [Cr].[Cr].[Ni].[Ni].[Ni]. The van der Waals surface area contributed by atoms with E-state index in [1.54, 1.807) is 0 Å². The Hall–Kier alpha value is 2.55. The molecular formula is Cr2Ni3. The Morgan fingerprint density at radius 3 is 0.400 bits per heavy atom. The summed E-state index contributed by atoms with van der Waals surface area (Å²) >= 11 is 0. The Morgan fingerprint density at radius 1 is 0.400 bits per heavy atom. The second-order valence-electron chi connectivity index (χ2n) is 0. The summed E-state index contributed by atoms with van der Waals surface area (Å²) in [4.78, 5) is 0. The molecule has 42 valence electrons. The van der Waals surface area contributed by atoms with Crippen molar-refractivity contribution < 1.29 is 84.2 Å². The molecule has 0 aromatic rings. The van der Waals surface area contributed by atoms with Crippen molar-refractivity contribution in [1.29, 1.82) is 0 Å². The predicted octanol–water partition coefficient (Wildman–Crippen LogP) is -0.0125. The second-order valence-corrected chi connectivity index (χ2v) is 0. The molecule has 0 heterocycles. The Labute approximate surface area is 83.3 Å². The van der Waals surface area contributed by atoms with Gasteiger partial charge in [0.05, 0.1) is 0 Å². The van der Waals surface area contributed by atoms with Crippen LogP contribution in [0.5, 0.6) is 0 Å². The van der Waals surface area contributed by atoms with Crippen LogP contribution >= 0.6 is 0 Å². The molecule has 0 N–H and O–H groups in total. The van der Waals surface area contributed by atoms with Crippen LogP contribution in [0.4, 0.5) is 0 Å². The second kappa shape index (κ2) is 31.1. The van der Waals surface area contributed by atoms with Gasteiger partial charge in [-0.15, -0.1) is 0 Å². The van der Waals surface area contributed by atoms with E-state index in [9.17, 15) is 0 Å². The van der Waals surface area contributed by atoms with E-state index in [-0.39, 0.29) is 84.2 Å². The maximum atomic E-state index is 0. The molecule has 0 bridgehead atoms. The molecular weight excluding hydrogens is 280 g/mol. The third-order valence-corrected chi connectivity index (χ3v) is 0. The van der Waals surface area contributed by atoms with Gasteiger partial charge >= 0.3 is 0 Å². The fourth-order valence-electron chi connectivity index (χ4n) is 0. The van der Waals surface area contributed by atoms with E-state index in [4.69, 9.17) is 0 Å². The van der Waals surface area contributed by atoms with Gasteiger partial charge in [-0.2, -0.15) is 0 Å². The third kappa shape index (κ3) is 20.9. The monoisotopic (exact) mass is 278 g/mol. The van der Waals surface area contributed by atoms with E-state index in [1.807, 2.05) is 0 Å². The first-order valence-electron chi connectivity index (χ1n) is 0. The zero-order valence-electron chi connectivity index (χ0n) is 1.77. The average Bonchev–Trinajstić information content (AvgIpc) is 0. The molecule has 0 rings (SSSR count). The summed E-state index contributed by atoms with van der Waals surface area (Å²) in [5.41, 5.74) is 0. The van der Waals surface area contributed by atoms with Gasteiger partial charge in [-0.05, 0) is 0 Å². The summed E-state index contributed by atoms with van der Waals surface area (Å²) in [6, 6.07) is 0. The Balaban J connectivity index is 0. The molecule has 0 aliphatic rings. The molecule has 0 unspecified atom stereocenters. The quantitative estimate of drug-likeness (QED) is 0.547. The molecule has 0 fully saturated rings. The molecule has 0 saturated heterocycles. The molecule has 0 aromatic carbocycles. The van der Waals surface area contributed by atoms with Crippen LogP contribution in [0.25, 0.3) is 0 Å². The van der Waals surface area contributed by atoms with Crippen molar-refractivity contribution in [1.82, 2.24) is 0 Å². The summed E-state index contributed by atoms with van der Waals surface area (Å²) in [6.45, 7) is 0. The maximum absolute atomic E-state index is 0. The molecule has 0 aromatic heterocycles. The van der Waals surface area contributed by atoms with Crippen LogP contribution in [-0.4, -0.2) is 0 Å². The Bertz CT molecular complexity index is 4.85. The molecule has 0 amide bonds. The van der Waals surface area contributed by atoms with E-state index in [2.05, 4.69) is 0 Å². The van der Waals surface area contributed by atoms with Crippen LogP contribution in [0.2, 0.25) is 0 Å². The summed E-state index contributed by atoms with van der Waals surface area (Å²) in [6.07, 6.45) is 0. The summed E-state index contributed by atoms with van der Waals surface area (Å²) in [5, 5.41) is 0. The molecule has 5 heteroatoms. The van der Waals surface area contributed by atoms with E-state index in [0.29, 0.717) is 0 Å². The van der Waals surface area contributed by atoms with Crippen molar-refractivity contribution in [3.63, 3.8) is 0 Å². The summed E-state index contributed by atoms with van der Waals surface area (Å²) < 4.78 is 0. The number of rotatable bonds is 0. The molecule has 0 atom stereocenters. The smallest absolute Gasteiger partial charge is 0 e. The maximum Gasteiger partial charge on any atom is 0 e. The van der Waals surface area contributed by atoms with E-state index in [0.717, 1.165) is 0 Å². The van der Waals surface area contributed by atoms with Crippen LogP contribution in [0.15, 0.2) is 0 Å². The van der Waals surface area contributed by atoms with Crippen molar-refractivity contribution in [2.45, 2.75) is 0 Å². The molecule has 0 radical (unpaired) electrons. The van der Waals surface area contributed by atoms with Gasteiger partial charge in [0.25, 0.3) is 0 Å². The van der Waals surface area contributed by atoms with E-state index < -0.39 is 0 Å². The standard InChI is InChI=1S/2Cr.3Ni. The van der Waals surface area contributed by atoms with Crippen LogP contribution in [0.1, 0.15) is 0 Å². The minimum atomic E-state index is 0. The normalized spacial score (nSPS) is 0. The first-order chi connectivity index (χ1) is 0. The number of hydrogen-bond donors (Lipinski definition) is 0. The molecule has 0 saturated carbocycles. The topological polar surface area (TPSA) is 0 Å². The minimum absolute atomic E-state index is 0. The molecule has 0 aliphatic heterocycles. The van der Waals surface area contributed by atoms with Gasteiger partial charge in [-0.25, -0.2) is 0 Å². The van der Waals surface area contributed by atoms with Gasteiger partial charge in [0.15, 0.2) is 0 Å². The predicted molar refractivity (Wildman–Crippen MR) is 0 cm³/mol. The van der Waals surface area contributed by atoms with Crippen molar-refractivity contribution in [3.05, 3.63) is 0 Å². The summed E-state index contributed by atoms with van der Waals surface area (Å²) in [5.74, 6) is 0. The van der Waals surface area contributed by atoms with Crippen molar-refractivity contribution in [2.75, 3.05) is 0 Å². The van der Waals surface area contributed by atoms with E-state index >= 15 is 0 Å². The van der Waals surface area contributed by atoms with Crippen LogP contribution in [0.3, 0.4) is 0 Å². The molecule has 5 heavy (non-hydrogen) atoms. The van der Waals surface area contributed by atoms with Crippen molar-refractivity contribution in [3.8, 4) is 0 Å². The molecule has 0 aliphatic carbocycles. The minimum Gasteiger partial charge on any atom is 0 e. The largest absolute Gasteiger partial charge is 0 e. The van der Waals surface area contributed by atoms with Gasteiger partial charge in [0, 0.05) is 84.2 Å². The van der Waals surface area contributed by atoms with E-state index in [1.165, 1.54) is 0 Å². The zero-order chi connectivity index (χ0) is 0. The Kier molecular flexibility index (Phi) is 310. The van der Waals surface area contributed by atoms with Gasteiger partial charge in [0.1, 0.15) is 0 Å². The van der Waals surface area contributed by atoms with Crippen molar-refractivity contribution >= 4 is 0 Å². The first-order valence-corrected chi connectivity index (χ1v) is 0. The zero-order valence-corrected chi connectivity index (χ0v) is 7.28. The average molecular weight is 280 g/mol. The van der Waals surface area contributed by atoms with Gasteiger partial charge in [-0.1, -0.05) is 0 Å². The van der Waals surface area contributed by atoms with Gasteiger partial charge < -0.3 is 0 Å². The Morgan fingerprint density at radius 2 is 0.400 bits per heavy atom. The molecule has 0 spiro atoms. The third-order valence-electron chi connectivity index (χ3n) is 0. The van der Waals surface area contributed by atoms with Crippen LogP contribution in [0, 0.1) is 0 Å². The fraction of sp³-hybridized carbons (Fsp3) is 0. The molecule has 0 nitrogen and oxygen atoms in total. The van der Waals surface area contributed by atoms with Crippen LogP contribution in [-0.2, 0) is 84.2 Å². The van der Waals surface area contributed by atoms with Gasteiger partial charge in [-0.3, -0.25) is 0 Å². The van der Waals surface area contributed by atoms with Gasteiger partial charge in [0.2, 0.25) is 0 Å². The fourth-order valence-corrected chi connectivity index (χ4v) is 0. The first kappa shape index (κ1) is 49.9. The summed E-state index contributed by atoms with van der Waals surface area (Å²) in [7, 11) is 0.